The van der Waals surface area contributed by atoms with Gasteiger partial charge in [-0.25, -0.2) is 4.98 Å². The van der Waals surface area contributed by atoms with Gasteiger partial charge in [-0.2, -0.15) is 0 Å². The van der Waals surface area contributed by atoms with E-state index in [2.05, 4.69) is 16.5 Å². The molecule has 1 unspecified atom stereocenters. The lowest BCUT2D eigenvalue weighted by Gasteiger charge is -2.24. The highest BCUT2D eigenvalue weighted by molar-refractivity contribution is 5.40. The van der Waals surface area contributed by atoms with Gasteiger partial charge in [0.15, 0.2) is 0 Å². The molecule has 1 atom stereocenters. The van der Waals surface area contributed by atoms with Crippen molar-refractivity contribution in [3.63, 3.8) is 0 Å². The number of anilines is 1. The van der Waals surface area contributed by atoms with Gasteiger partial charge in [0.05, 0.1) is 5.69 Å². The number of hydrogen-bond donors (Lipinski definition) is 1. The van der Waals surface area contributed by atoms with Gasteiger partial charge in [-0.1, -0.05) is 0 Å². The highest BCUT2D eigenvalue weighted by Gasteiger charge is 2.33. The highest BCUT2D eigenvalue weighted by atomic mass is 15.2. The second-order valence-electron chi connectivity index (χ2n) is 4.69. The van der Waals surface area contributed by atoms with E-state index in [1.165, 1.54) is 37.2 Å². The second kappa shape index (κ2) is 2.75. The third-order valence-electron chi connectivity index (χ3n) is 3.49. The Morgan fingerprint density at radius 2 is 2.14 bits per heavy atom. The summed E-state index contributed by atoms with van der Waals surface area (Å²) in [6, 6.07) is 0.610. The molecule has 0 spiro atoms. The third-order valence-corrected chi connectivity index (χ3v) is 3.49. The fraction of sp³-hybridized carbons (Fsp3) is 0.727. The summed E-state index contributed by atoms with van der Waals surface area (Å²) in [4.78, 5) is 4.55. The molecule has 1 fully saturated rings. The largest absolute Gasteiger partial charge is 0.382 e. The Morgan fingerprint density at radius 3 is 2.86 bits per heavy atom. The first kappa shape index (κ1) is 8.33. The van der Waals surface area contributed by atoms with Gasteiger partial charge in [0, 0.05) is 12.0 Å². The van der Waals surface area contributed by atoms with E-state index in [0.717, 1.165) is 12.2 Å². The summed E-state index contributed by atoms with van der Waals surface area (Å²) in [6.45, 7) is 2.29. The van der Waals surface area contributed by atoms with E-state index < -0.39 is 0 Å². The molecule has 1 aromatic heterocycles. The minimum Gasteiger partial charge on any atom is -0.382 e. The van der Waals surface area contributed by atoms with E-state index >= 15 is 0 Å². The molecule has 3 rings (SSSR count). The molecule has 0 aromatic carbocycles. The first-order chi connectivity index (χ1) is 6.77. The zero-order valence-corrected chi connectivity index (χ0v) is 8.66. The quantitative estimate of drug-likeness (QED) is 0.739. The van der Waals surface area contributed by atoms with Gasteiger partial charge in [0.1, 0.15) is 11.6 Å². The van der Waals surface area contributed by atoms with Gasteiger partial charge in [-0.05, 0) is 39.0 Å². The Labute approximate surface area is 84.3 Å². The second-order valence-corrected chi connectivity index (χ2v) is 4.69. The van der Waals surface area contributed by atoms with Crippen LogP contribution in [0.1, 0.15) is 56.1 Å². The molecule has 0 radical (unpaired) electrons. The van der Waals surface area contributed by atoms with Crippen LogP contribution in [-0.2, 0) is 6.42 Å². The average Bonchev–Trinajstić information content (AvgIpc) is 2.94. The molecular formula is C11H17N3. The van der Waals surface area contributed by atoms with Crippen LogP contribution in [0.4, 0.5) is 5.82 Å². The minimum absolute atomic E-state index is 0.610. The molecule has 3 nitrogen and oxygen atoms in total. The molecule has 0 amide bonds. The van der Waals surface area contributed by atoms with Crippen LogP contribution in [0.2, 0.25) is 0 Å². The summed E-state index contributed by atoms with van der Waals surface area (Å²) < 4.78 is 2.41. The molecule has 0 bridgehead atoms. The van der Waals surface area contributed by atoms with E-state index in [9.17, 15) is 0 Å². The summed E-state index contributed by atoms with van der Waals surface area (Å²) >= 11 is 0. The molecule has 0 saturated heterocycles. The number of rotatable bonds is 1. The van der Waals surface area contributed by atoms with Crippen LogP contribution in [0.25, 0.3) is 0 Å². The normalized spacial score (nSPS) is 26.2. The Hall–Kier alpha value is -0.990. The smallest absolute Gasteiger partial charge is 0.145 e. The SMILES string of the molecule is CC1CCCc2c(N)nc(C3CC3)n21. The van der Waals surface area contributed by atoms with Crippen LogP contribution in [0.3, 0.4) is 0 Å². The van der Waals surface area contributed by atoms with Gasteiger partial charge >= 0.3 is 0 Å². The Morgan fingerprint density at radius 1 is 1.36 bits per heavy atom. The average molecular weight is 191 g/mol. The standard InChI is InChI=1S/C11H17N3/c1-7-3-2-4-9-10(12)13-11(14(7)9)8-5-6-8/h7-8H,2-6,12H2,1H3. The van der Waals surface area contributed by atoms with Crippen molar-refractivity contribution >= 4 is 5.82 Å². The van der Waals surface area contributed by atoms with Crippen LogP contribution < -0.4 is 5.73 Å². The Bertz CT molecular complexity index is 363. The summed E-state index contributed by atoms with van der Waals surface area (Å²) in [5, 5.41) is 0. The van der Waals surface area contributed by atoms with Crippen molar-refractivity contribution in [2.75, 3.05) is 5.73 Å². The molecule has 1 aliphatic heterocycles. The summed E-state index contributed by atoms with van der Waals surface area (Å²) in [7, 11) is 0. The summed E-state index contributed by atoms with van der Waals surface area (Å²) in [6.07, 6.45) is 6.28. The topological polar surface area (TPSA) is 43.8 Å². The van der Waals surface area contributed by atoms with Gasteiger partial charge in [0.2, 0.25) is 0 Å². The monoisotopic (exact) mass is 191 g/mol. The zero-order valence-electron chi connectivity index (χ0n) is 8.66. The number of nitrogen functional groups attached to an aromatic ring is 1. The first-order valence-corrected chi connectivity index (χ1v) is 5.64. The Kier molecular flexibility index (Phi) is 1.64. The molecule has 76 valence electrons. The zero-order chi connectivity index (χ0) is 9.71. The van der Waals surface area contributed by atoms with E-state index in [-0.39, 0.29) is 0 Å². The minimum atomic E-state index is 0.610. The van der Waals surface area contributed by atoms with Crippen LogP contribution in [0.15, 0.2) is 0 Å². The molecule has 14 heavy (non-hydrogen) atoms. The molecular weight excluding hydrogens is 174 g/mol. The lowest BCUT2D eigenvalue weighted by atomic mass is 10.0. The maximum Gasteiger partial charge on any atom is 0.145 e. The van der Waals surface area contributed by atoms with E-state index in [1.807, 2.05) is 0 Å². The lowest BCUT2D eigenvalue weighted by Crippen LogP contribution is -2.17. The van der Waals surface area contributed by atoms with Gasteiger partial charge in [-0.3, -0.25) is 0 Å². The number of nitrogens with two attached hydrogens (primary N) is 1. The number of aromatic nitrogens is 2. The lowest BCUT2D eigenvalue weighted by molar-refractivity contribution is 0.419. The number of hydrogen-bond acceptors (Lipinski definition) is 2. The van der Waals surface area contributed by atoms with Crippen molar-refractivity contribution in [1.82, 2.24) is 9.55 Å². The van der Waals surface area contributed by atoms with Crippen molar-refractivity contribution in [3.05, 3.63) is 11.5 Å². The molecule has 1 saturated carbocycles. The van der Waals surface area contributed by atoms with Crippen LogP contribution in [0, 0.1) is 0 Å². The molecule has 2 aliphatic rings. The molecule has 1 aliphatic carbocycles. The van der Waals surface area contributed by atoms with Crippen molar-refractivity contribution in [2.45, 2.75) is 51.0 Å². The van der Waals surface area contributed by atoms with Gasteiger partial charge in [-0.15, -0.1) is 0 Å². The predicted octanol–water partition coefficient (Wildman–Crippen LogP) is 2.24. The molecule has 1 aromatic rings. The van der Waals surface area contributed by atoms with E-state index in [0.29, 0.717) is 12.0 Å². The number of fused-ring (bicyclic) bond motifs is 1. The van der Waals surface area contributed by atoms with Crippen molar-refractivity contribution in [3.8, 4) is 0 Å². The maximum absolute atomic E-state index is 5.96. The van der Waals surface area contributed by atoms with Crippen molar-refractivity contribution in [1.29, 1.82) is 0 Å². The number of nitrogens with zero attached hydrogens (tertiary/aromatic N) is 2. The van der Waals surface area contributed by atoms with Gasteiger partial charge in [0.25, 0.3) is 0 Å². The number of imidazole rings is 1. The molecule has 2 N–H and O–H groups in total. The van der Waals surface area contributed by atoms with E-state index in [4.69, 9.17) is 5.73 Å². The third kappa shape index (κ3) is 1.08. The fourth-order valence-electron chi connectivity index (χ4n) is 2.57. The van der Waals surface area contributed by atoms with Crippen LogP contribution in [-0.4, -0.2) is 9.55 Å². The predicted molar refractivity (Wildman–Crippen MR) is 56.3 cm³/mol. The summed E-state index contributed by atoms with van der Waals surface area (Å²) in [5.41, 5.74) is 7.25. The maximum atomic E-state index is 5.96. The highest BCUT2D eigenvalue weighted by Crippen LogP contribution is 2.43. The molecule has 2 heterocycles. The summed E-state index contributed by atoms with van der Waals surface area (Å²) in [5.74, 6) is 2.77. The van der Waals surface area contributed by atoms with E-state index in [1.54, 1.807) is 0 Å². The Balaban J connectivity index is 2.12. The molecule has 3 heteroatoms. The van der Waals surface area contributed by atoms with Gasteiger partial charge < -0.3 is 10.3 Å². The van der Waals surface area contributed by atoms with Crippen LogP contribution in [0.5, 0.6) is 0 Å². The first-order valence-electron chi connectivity index (χ1n) is 5.64. The fourth-order valence-corrected chi connectivity index (χ4v) is 2.57. The van der Waals surface area contributed by atoms with Crippen LogP contribution >= 0.6 is 0 Å². The van der Waals surface area contributed by atoms with Crippen molar-refractivity contribution < 1.29 is 0 Å². The van der Waals surface area contributed by atoms with Crippen molar-refractivity contribution in [2.24, 2.45) is 0 Å².